The van der Waals surface area contributed by atoms with Crippen molar-refractivity contribution in [3.05, 3.63) is 59.8 Å². The zero-order valence-corrected chi connectivity index (χ0v) is 18.4. The highest BCUT2D eigenvalue weighted by Crippen LogP contribution is 2.24. The van der Waals surface area contributed by atoms with Gasteiger partial charge >= 0.3 is 0 Å². The number of pyridine rings is 1. The second kappa shape index (κ2) is 9.94. The van der Waals surface area contributed by atoms with Gasteiger partial charge in [0, 0.05) is 57.4 Å². The molecule has 1 aromatic heterocycles. The number of carbonyl (C=O) groups is 2. The van der Waals surface area contributed by atoms with E-state index in [1.165, 1.54) is 0 Å². The molecule has 4 rings (SSSR count). The summed E-state index contributed by atoms with van der Waals surface area (Å²) in [5, 5.41) is 0. The first-order chi connectivity index (χ1) is 15.1. The molecule has 2 aromatic rings. The Morgan fingerprint density at radius 2 is 1.61 bits per heavy atom. The summed E-state index contributed by atoms with van der Waals surface area (Å²) in [5.41, 5.74) is 1.84. The molecule has 2 aliphatic rings. The molecule has 0 saturated carbocycles. The van der Waals surface area contributed by atoms with Crippen LogP contribution < -0.4 is 4.90 Å². The summed E-state index contributed by atoms with van der Waals surface area (Å²) < 4.78 is 0. The summed E-state index contributed by atoms with van der Waals surface area (Å²) in [6.45, 7) is 6.76. The van der Waals surface area contributed by atoms with Crippen molar-refractivity contribution in [2.75, 3.05) is 44.2 Å². The number of carbonyl (C=O) groups excluding carboxylic acids is 2. The fourth-order valence-electron chi connectivity index (χ4n) is 4.62. The first kappa shape index (κ1) is 21.3. The van der Waals surface area contributed by atoms with Crippen LogP contribution in [0.5, 0.6) is 0 Å². The number of amides is 2. The fourth-order valence-corrected chi connectivity index (χ4v) is 4.62. The number of benzene rings is 1. The average Bonchev–Trinajstić information content (AvgIpc) is 2.83. The normalized spacial score (nSPS) is 17.6. The number of aromatic nitrogens is 1. The van der Waals surface area contributed by atoms with Gasteiger partial charge in [-0.05, 0) is 55.9 Å². The number of hydrogen-bond donors (Lipinski definition) is 0. The van der Waals surface area contributed by atoms with Crippen molar-refractivity contribution < 1.29 is 9.59 Å². The first-order valence-corrected chi connectivity index (χ1v) is 11.4. The molecule has 0 bridgehead atoms. The fraction of sp³-hybridized carbons (Fsp3) is 0.480. The summed E-state index contributed by atoms with van der Waals surface area (Å²) in [5.74, 6) is 1.92. The quantitative estimate of drug-likeness (QED) is 0.744. The van der Waals surface area contributed by atoms with E-state index in [1.807, 2.05) is 65.4 Å². The Morgan fingerprint density at radius 3 is 2.29 bits per heavy atom. The van der Waals surface area contributed by atoms with Crippen molar-refractivity contribution in [2.45, 2.75) is 32.6 Å². The second-order valence-corrected chi connectivity index (χ2v) is 8.64. The van der Waals surface area contributed by atoms with Gasteiger partial charge in [-0.2, -0.15) is 0 Å². The maximum Gasteiger partial charge on any atom is 0.254 e. The lowest BCUT2D eigenvalue weighted by Crippen LogP contribution is -2.49. The summed E-state index contributed by atoms with van der Waals surface area (Å²) >= 11 is 0. The Kier molecular flexibility index (Phi) is 6.85. The maximum atomic E-state index is 12.8. The molecule has 2 amide bonds. The molecule has 6 nitrogen and oxygen atoms in total. The van der Waals surface area contributed by atoms with Crippen molar-refractivity contribution >= 4 is 17.6 Å². The van der Waals surface area contributed by atoms with Gasteiger partial charge in [-0.1, -0.05) is 24.3 Å². The number of piperazine rings is 1. The van der Waals surface area contributed by atoms with Gasteiger partial charge in [-0.3, -0.25) is 9.59 Å². The minimum atomic E-state index is 0.137. The monoisotopic (exact) mass is 420 g/mol. The van der Waals surface area contributed by atoms with Crippen LogP contribution in [0.3, 0.4) is 0 Å². The van der Waals surface area contributed by atoms with Crippen LogP contribution in [0.2, 0.25) is 0 Å². The Bertz CT molecular complexity index is 885. The van der Waals surface area contributed by atoms with E-state index in [1.54, 1.807) is 0 Å². The number of likely N-dealkylation sites (tertiary alicyclic amines) is 1. The molecule has 0 unspecified atom stereocenters. The first-order valence-electron chi connectivity index (χ1n) is 11.4. The van der Waals surface area contributed by atoms with Crippen LogP contribution in [0.15, 0.2) is 48.7 Å². The summed E-state index contributed by atoms with van der Waals surface area (Å²) in [6, 6.07) is 13.7. The Labute approximate surface area is 184 Å². The zero-order chi connectivity index (χ0) is 21.6. The molecule has 0 aliphatic carbocycles. The number of aryl methyl sites for hydroxylation is 1. The van der Waals surface area contributed by atoms with Crippen LogP contribution in [0.25, 0.3) is 0 Å². The molecule has 2 aliphatic heterocycles. The van der Waals surface area contributed by atoms with Crippen LogP contribution in [-0.2, 0) is 4.79 Å². The third-order valence-corrected chi connectivity index (χ3v) is 6.65. The van der Waals surface area contributed by atoms with Crippen LogP contribution >= 0.6 is 0 Å². The van der Waals surface area contributed by atoms with E-state index >= 15 is 0 Å². The summed E-state index contributed by atoms with van der Waals surface area (Å²) in [7, 11) is 0. The molecular weight excluding hydrogens is 388 g/mol. The topological polar surface area (TPSA) is 56.8 Å². The van der Waals surface area contributed by atoms with E-state index in [9.17, 15) is 9.59 Å². The third kappa shape index (κ3) is 5.24. The zero-order valence-electron chi connectivity index (χ0n) is 18.4. The largest absolute Gasteiger partial charge is 0.353 e. The number of anilines is 1. The lowest BCUT2D eigenvalue weighted by Gasteiger charge is -2.36. The maximum absolute atomic E-state index is 12.8. The molecule has 3 heterocycles. The highest BCUT2D eigenvalue weighted by molar-refractivity contribution is 5.95. The number of hydrogen-bond acceptors (Lipinski definition) is 4. The predicted molar refractivity (Wildman–Crippen MR) is 122 cm³/mol. The van der Waals surface area contributed by atoms with Gasteiger partial charge in [0.25, 0.3) is 5.91 Å². The van der Waals surface area contributed by atoms with Crippen LogP contribution in [0.4, 0.5) is 5.82 Å². The van der Waals surface area contributed by atoms with E-state index in [4.69, 9.17) is 0 Å². The van der Waals surface area contributed by atoms with E-state index in [0.717, 1.165) is 75.5 Å². The van der Waals surface area contributed by atoms with E-state index in [-0.39, 0.29) is 11.8 Å². The Balaban J connectivity index is 1.18. The lowest BCUT2D eigenvalue weighted by atomic mass is 9.91. The van der Waals surface area contributed by atoms with E-state index < -0.39 is 0 Å². The molecule has 0 radical (unpaired) electrons. The van der Waals surface area contributed by atoms with Crippen molar-refractivity contribution in [2.24, 2.45) is 5.92 Å². The number of nitrogens with zero attached hydrogens (tertiary/aromatic N) is 4. The van der Waals surface area contributed by atoms with Crippen molar-refractivity contribution in [1.82, 2.24) is 14.8 Å². The van der Waals surface area contributed by atoms with Crippen molar-refractivity contribution in [3.63, 3.8) is 0 Å². The third-order valence-electron chi connectivity index (χ3n) is 6.65. The molecule has 6 heteroatoms. The summed E-state index contributed by atoms with van der Waals surface area (Å²) in [6.07, 6.45) is 5.31. The highest BCUT2D eigenvalue weighted by atomic mass is 16.2. The molecule has 2 saturated heterocycles. The Hall–Kier alpha value is -2.89. The van der Waals surface area contributed by atoms with Crippen molar-refractivity contribution in [3.8, 4) is 0 Å². The minimum Gasteiger partial charge on any atom is -0.353 e. The molecule has 0 N–H and O–H groups in total. The molecule has 31 heavy (non-hydrogen) atoms. The lowest BCUT2D eigenvalue weighted by molar-refractivity contribution is -0.131. The Morgan fingerprint density at radius 1 is 0.903 bits per heavy atom. The number of piperidine rings is 1. The van der Waals surface area contributed by atoms with Gasteiger partial charge in [-0.15, -0.1) is 0 Å². The van der Waals surface area contributed by atoms with Gasteiger partial charge in [0.15, 0.2) is 0 Å². The van der Waals surface area contributed by atoms with Gasteiger partial charge in [0.2, 0.25) is 5.91 Å². The summed E-state index contributed by atoms with van der Waals surface area (Å²) in [4.78, 5) is 36.1. The number of rotatable bonds is 5. The molecule has 0 atom stereocenters. The van der Waals surface area contributed by atoms with E-state index in [0.29, 0.717) is 12.3 Å². The van der Waals surface area contributed by atoms with Crippen molar-refractivity contribution in [1.29, 1.82) is 0 Å². The SMILES string of the molecule is Cc1ccccc1C(=O)N1CCC(CCC(=O)N2CCN(c3ccccn3)CC2)CC1. The van der Waals surface area contributed by atoms with Gasteiger partial charge < -0.3 is 14.7 Å². The minimum absolute atomic E-state index is 0.137. The van der Waals surface area contributed by atoms with Gasteiger partial charge in [-0.25, -0.2) is 4.98 Å². The van der Waals surface area contributed by atoms with Crippen LogP contribution in [0, 0.1) is 12.8 Å². The van der Waals surface area contributed by atoms with Gasteiger partial charge in [0.05, 0.1) is 0 Å². The van der Waals surface area contributed by atoms with Crippen LogP contribution in [-0.4, -0.2) is 65.9 Å². The van der Waals surface area contributed by atoms with Crippen LogP contribution in [0.1, 0.15) is 41.6 Å². The standard InChI is InChI=1S/C25H32N4O2/c1-20-6-2-3-7-22(20)25(31)29-14-11-21(12-15-29)9-10-24(30)28-18-16-27(17-19-28)23-8-4-5-13-26-23/h2-8,13,21H,9-12,14-19H2,1H3. The molecule has 164 valence electrons. The van der Waals surface area contributed by atoms with Gasteiger partial charge in [0.1, 0.15) is 5.82 Å². The molecule has 0 spiro atoms. The molecule has 1 aromatic carbocycles. The smallest absolute Gasteiger partial charge is 0.254 e. The average molecular weight is 421 g/mol. The highest BCUT2D eigenvalue weighted by Gasteiger charge is 2.26. The second-order valence-electron chi connectivity index (χ2n) is 8.64. The molecule has 2 fully saturated rings. The van der Waals surface area contributed by atoms with E-state index in [2.05, 4.69) is 9.88 Å². The predicted octanol–water partition coefficient (Wildman–Crippen LogP) is 3.37. The molecular formula is C25H32N4O2.